The number of nitrogens with zero attached hydrogens (tertiary/aromatic N) is 2. The Morgan fingerprint density at radius 3 is 2.50 bits per heavy atom. The monoisotopic (exact) mass is 433 g/mol. The van der Waals surface area contributed by atoms with Crippen LogP contribution in [0.5, 0.6) is 0 Å². The molecule has 2 aromatic rings. The van der Waals surface area contributed by atoms with E-state index in [4.69, 9.17) is 5.73 Å². The zero-order valence-electron chi connectivity index (χ0n) is 15.9. The van der Waals surface area contributed by atoms with E-state index in [0.29, 0.717) is 11.4 Å². The second-order valence-electron chi connectivity index (χ2n) is 6.44. The third-order valence-corrected chi connectivity index (χ3v) is 4.05. The van der Waals surface area contributed by atoms with Gasteiger partial charge in [0, 0.05) is 19.4 Å². The molecule has 7 nitrogen and oxygen atoms in total. The van der Waals surface area contributed by atoms with Crippen LogP contribution in [0.4, 0.5) is 4.39 Å². The average molecular weight is 434 g/mol. The number of amides is 2. The minimum absolute atomic E-state index is 0. The van der Waals surface area contributed by atoms with Crippen molar-refractivity contribution in [3.8, 4) is 0 Å². The molecule has 0 aliphatic carbocycles. The maximum Gasteiger partial charge on any atom is 0.240 e. The van der Waals surface area contributed by atoms with Crippen LogP contribution in [0.15, 0.2) is 36.7 Å². The topological polar surface area (TPSA) is 102 Å². The summed E-state index contributed by atoms with van der Waals surface area (Å²) in [5.41, 5.74) is 6.31. The van der Waals surface area contributed by atoms with Gasteiger partial charge in [-0.25, -0.2) is 9.37 Å². The summed E-state index contributed by atoms with van der Waals surface area (Å²) in [6.07, 6.45) is 3.33. The van der Waals surface area contributed by atoms with Gasteiger partial charge in [0.05, 0.1) is 12.6 Å². The number of hydrogen-bond donors (Lipinski definition) is 3. The Balaban J connectivity index is 0.00000364. The van der Waals surface area contributed by atoms with Crippen LogP contribution >= 0.6 is 24.8 Å². The summed E-state index contributed by atoms with van der Waals surface area (Å²) in [5, 5.41) is 5.30. The van der Waals surface area contributed by atoms with E-state index in [1.54, 1.807) is 36.1 Å². The van der Waals surface area contributed by atoms with E-state index in [2.05, 4.69) is 15.6 Å². The molecule has 0 saturated carbocycles. The van der Waals surface area contributed by atoms with Gasteiger partial charge in [-0.3, -0.25) is 9.59 Å². The van der Waals surface area contributed by atoms with Crippen molar-refractivity contribution in [2.45, 2.75) is 25.9 Å². The average Bonchev–Trinajstić information content (AvgIpc) is 3.02. The molecule has 2 rings (SSSR count). The lowest BCUT2D eigenvalue weighted by Crippen LogP contribution is -2.47. The standard InChI is InChI=1S/C18H24FN5O2.2ClH/c1-11(2)15(20)18(26)22-10-14(25)23-16(17-21-7-8-24(17)3)12-5-4-6-13(19)9-12;;/h4-9,11,15-16H,10,20H2,1-3H3,(H,22,26)(H,23,25);2*1H/t15-,16?;;/m0../s1. The number of halogens is 3. The maximum atomic E-state index is 13.6. The van der Waals surface area contributed by atoms with Crippen molar-refractivity contribution in [2.24, 2.45) is 18.7 Å². The van der Waals surface area contributed by atoms with Crippen LogP contribution < -0.4 is 16.4 Å². The lowest BCUT2D eigenvalue weighted by Gasteiger charge is -2.20. The highest BCUT2D eigenvalue weighted by atomic mass is 35.5. The molecule has 4 N–H and O–H groups in total. The van der Waals surface area contributed by atoms with Gasteiger partial charge in [-0.2, -0.15) is 0 Å². The second kappa shape index (κ2) is 11.6. The Labute approximate surface area is 176 Å². The molecule has 0 fully saturated rings. The van der Waals surface area contributed by atoms with Gasteiger partial charge < -0.3 is 20.9 Å². The van der Waals surface area contributed by atoms with Crippen LogP contribution in [-0.2, 0) is 16.6 Å². The molecule has 0 saturated heterocycles. The molecule has 0 radical (unpaired) electrons. The molecular weight excluding hydrogens is 408 g/mol. The lowest BCUT2D eigenvalue weighted by atomic mass is 10.0. The van der Waals surface area contributed by atoms with Gasteiger partial charge in [0.2, 0.25) is 11.8 Å². The Hall–Kier alpha value is -2.16. The largest absolute Gasteiger partial charge is 0.346 e. The summed E-state index contributed by atoms with van der Waals surface area (Å²) < 4.78 is 15.4. The number of carbonyl (C=O) groups excluding carboxylic acids is 2. The molecule has 1 heterocycles. The zero-order chi connectivity index (χ0) is 19.3. The van der Waals surface area contributed by atoms with Gasteiger partial charge in [-0.1, -0.05) is 26.0 Å². The minimum atomic E-state index is -0.684. The molecular formula is C18H26Cl2FN5O2. The second-order valence-corrected chi connectivity index (χ2v) is 6.44. The molecule has 1 aromatic heterocycles. The van der Waals surface area contributed by atoms with Gasteiger partial charge >= 0.3 is 0 Å². The van der Waals surface area contributed by atoms with Crippen LogP contribution in [0, 0.1) is 11.7 Å². The molecule has 28 heavy (non-hydrogen) atoms. The van der Waals surface area contributed by atoms with E-state index in [0.717, 1.165) is 0 Å². The van der Waals surface area contributed by atoms with Crippen LogP contribution in [0.2, 0.25) is 0 Å². The van der Waals surface area contributed by atoms with Gasteiger partial charge in [0.25, 0.3) is 0 Å². The summed E-state index contributed by atoms with van der Waals surface area (Å²) in [5.74, 6) is -0.715. The molecule has 156 valence electrons. The number of nitrogens with two attached hydrogens (primary N) is 1. The molecule has 2 atom stereocenters. The van der Waals surface area contributed by atoms with Crippen molar-refractivity contribution in [2.75, 3.05) is 6.54 Å². The normalized spacial score (nSPS) is 12.4. The van der Waals surface area contributed by atoms with Gasteiger partial charge in [0.15, 0.2) is 0 Å². The fraction of sp³-hybridized carbons (Fsp3) is 0.389. The fourth-order valence-corrected chi connectivity index (χ4v) is 2.44. The molecule has 1 unspecified atom stereocenters. The first-order chi connectivity index (χ1) is 12.3. The number of imidazole rings is 1. The van der Waals surface area contributed by atoms with Crippen molar-refractivity contribution < 1.29 is 14.0 Å². The lowest BCUT2D eigenvalue weighted by molar-refractivity contribution is -0.127. The van der Waals surface area contributed by atoms with E-state index in [1.807, 2.05) is 13.8 Å². The first-order valence-corrected chi connectivity index (χ1v) is 8.35. The van der Waals surface area contributed by atoms with Crippen molar-refractivity contribution in [3.63, 3.8) is 0 Å². The Morgan fingerprint density at radius 1 is 1.29 bits per heavy atom. The number of nitrogens with one attached hydrogen (secondary N) is 2. The number of rotatable bonds is 7. The van der Waals surface area contributed by atoms with Crippen molar-refractivity contribution >= 4 is 36.6 Å². The van der Waals surface area contributed by atoms with Crippen molar-refractivity contribution in [1.29, 1.82) is 0 Å². The van der Waals surface area contributed by atoms with E-state index in [9.17, 15) is 14.0 Å². The Morgan fingerprint density at radius 2 is 1.96 bits per heavy atom. The summed E-state index contributed by atoms with van der Waals surface area (Å²) in [4.78, 5) is 28.4. The smallest absolute Gasteiger partial charge is 0.240 e. The molecule has 0 aliphatic rings. The Kier molecular flexibility index (Phi) is 10.7. The van der Waals surface area contributed by atoms with Gasteiger partial charge in [0.1, 0.15) is 17.7 Å². The van der Waals surface area contributed by atoms with Crippen molar-refractivity contribution in [1.82, 2.24) is 20.2 Å². The van der Waals surface area contributed by atoms with E-state index in [1.165, 1.54) is 12.1 Å². The number of aryl methyl sites for hydroxylation is 1. The molecule has 1 aromatic carbocycles. The number of carbonyl (C=O) groups is 2. The third-order valence-electron chi connectivity index (χ3n) is 4.05. The molecule has 2 amide bonds. The quantitative estimate of drug-likeness (QED) is 0.618. The summed E-state index contributed by atoms with van der Waals surface area (Å²) in [6, 6.07) is 4.61. The predicted molar refractivity (Wildman–Crippen MR) is 110 cm³/mol. The Bertz CT molecular complexity index is 785. The highest BCUT2D eigenvalue weighted by Crippen LogP contribution is 2.21. The van der Waals surface area contributed by atoms with E-state index < -0.39 is 29.7 Å². The summed E-state index contributed by atoms with van der Waals surface area (Å²) in [7, 11) is 1.78. The van der Waals surface area contributed by atoms with Gasteiger partial charge in [-0.05, 0) is 23.6 Å². The van der Waals surface area contributed by atoms with Crippen LogP contribution in [0.1, 0.15) is 31.3 Å². The number of benzene rings is 1. The van der Waals surface area contributed by atoms with Crippen LogP contribution in [-0.4, -0.2) is 34.0 Å². The highest BCUT2D eigenvalue weighted by Gasteiger charge is 2.22. The zero-order valence-corrected chi connectivity index (χ0v) is 17.5. The molecule has 0 aliphatic heterocycles. The third kappa shape index (κ3) is 6.78. The van der Waals surface area contributed by atoms with Crippen molar-refractivity contribution in [3.05, 3.63) is 53.9 Å². The number of hydrogen-bond acceptors (Lipinski definition) is 4. The molecule has 10 heteroatoms. The van der Waals surface area contributed by atoms with Gasteiger partial charge in [-0.15, -0.1) is 24.8 Å². The maximum absolute atomic E-state index is 13.6. The highest BCUT2D eigenvalue weighted by molar-refractivity contribution is 5.87. The first-order valence-electron chi connectivity index (χ1n) is 8.35. The molecule has 0 spiro atoms. The SMILES string of the molecule is CC(C)[C@H](N)C(=O)NCC(=O)NC(c1cccc(F)c1)c1nccn1C.Cl.Cl. The number of aromatic nitrogens is 2. The molecule has 0 bridgehead atoms. The minimum Gasteiger partial charge on any atom is -0.346 e. The van der Waals surface area contributed by atoms with Crippen LogP contribution in [0.3, 0.4) is 0 Å². The predicted octanol–water partition coefficient (Wildman–Crippen LogP) is 1.71. The van der Waals surface area contributed by atoms with E-state index >= 15 is 0 Å². The van der Waals surface area contributed by atoms with E-state index in [-0.39, 0.29) is 37.3 Å². The van der Waals surface area contributed by atoms with Crippen LogP contribution in [0.25, 0.3) is 0 Å². The summed E-state index contributed by atoms with van der Waals surface area (Å²) >= 11 is 0. The summed E-state index contributed by atoms with van der Waals surface area (Å²) in [6.45, 7) is 3.42. The fourth-order valence-electron chi connectivity index (χ4n) is 2.44. The first kappa shape index (κ1) is 25.8.